The first-order valence-corrected chi connectivity index (χ1v) is 10.3. The number of hydrogen-bond donors (Lipinski definition) is 2. The van der Waals surface area contributed by atoms with E-state index in [-0.39, 0.29) is 11.7 Å². The van der Waals surface area contributed by atoms with Crippen LogP contribution in [-0.2, 0) is 33.5 Å². The lowest BCUT2D eigenvalue weighted by atomic mass is 10.1. The van der Waals surface area contributed by atoms with Gasteiger partial charge < -0.3 is 5.32 Å². The van der Waals surface area contributed by atoms with Crippen LogP contribution in [0.5, 0.6) is 0 Å². The highest BCUT2D eigenvalue weighted by molar-refractivity contribution is 7.88. The number of aryl methyl sites for hydroxylation is 2. The van der Waals surface area contributed by atoms with E-state index in [2.05, 4.69) is 10.0 Å². The number of rotatable bonds is 8. The van der Waals surface area contributed by atoms with E-state index in [0.717, 1.165) is 16.7 Å². The average Bonchev–Trinajstić information content (AvgIpc) is 2.61. The molecule has 0 saturated heterocycles. The fraction of sp³-hybridized carbons (Fsp3) is 0.316. The van der Waals surface area contributed by atoms with Crippen molar-refractivity contribution in [2.24, 2.45) is 0 Å². The van der Waals surface area contributed by atoms with E-state index < -0.39 is 10.0 Å². The lowest BCUT2D eigenvalue weighted by Crippen LogP contribution is -2.25. The summed E-state index contributed by atoms with van der Waals surface area (Å²) in [5.74, 6) is -0.204. The Morgan fingerprint density at radius 3 is 2.46 bits per heavy atom. The van der Waals surface area contributed by atoms with Crippen LogP contribution in [0, 0.1) is 6.92 Å². The molecule has 2 aromatic rings. The molecule has 1 amide bonds. The van der Waals surface area contributed by atoms with Crippen LogP contribution in [0.4, 0.5) is 0 Å². The molecule has 26 heavy (non-hydrogen) atoms. The lowest BCUT2D eigenvalue weighted by molar-refractivity contribution is -0.121. The number of carbonyl (C=O) groups excluding carboxylic acids is 1. The van der Waals surface area contributed by atoms with E-state index in [1.165, 1.54) is 7.05 Å². The maximum Gasteiger partial charge on any atom is 0.220 e. The third kappa shape index (κ3) is 6.12. The third-order valence-electron chi connectivity index (χ3n) is 4.13. The molecule has 0 aliphatic rings. The molecule has 0 fully saturated rings. The second-order valence-electron chi connectivity index (χ2n) is 6.09. The molecule has 0 aliphatic heterocycles. The van der Waals surface area contributed by atoms with Crippen molar-refractivity contribution in [1.29, 1.82) is 0 Å². The molecule has 5 nitrogen and oxygen atoms in total. The summed E-state index contributed by atoms with van der Waals surface area (Å²) in [5.41, 5.74) is 3.48. The van der Waals surface area contributed by atoms with Crippen molar-refractivity contribution < 1.29 is 13.2 Å². The van der Waals surface area contributed by atoms with Crippen molar-refractivity contribution in [3.8, 4) is 0 Å². The topological polar surface area (TPSA) is 75.3 Å². The molecule has 140 valence electrons. The van der Waals surface area contributed by atoms with Crippen molar-refractivity contribution in [1.82, 2.24) is 10.0 Å². The summed E-state index contributed by atoms with van der Waals surface area (Å²) in [6, 6.07) is 13.0. The summed E-state index contributed by atoms with van der Waals surface area (Å²) in [6.45, 7) is 2.23. The van der Waals surface area contributed by atoms with Gasteiger partial charge in [0.25, 0.3) is 0 Å². The van der Waals surface area contributed by atoms with Crippen molar-refractivity contribution in [2.75, 3.05) is 7.05 Å². The average molecular weight is 395 g/mol. The Kier molecular flexibility index (Phi) is 7.20. The predicted octanol–water partition coefficient (Wildman–Crippen LogP) is 2.95. The van der Waals surface area contributed by atoms with Gasteiger partial charge in [0.15, 0.2) is 0 Å². The second-order valence-corrected chi connectivity index (χ2v) is 8.43. The minimum absolute atomic E-state index is 0.0898. The van der Waals surface area contributed by atoms with Gasteiger partial charge in [0.05, 0.1) is 5.75 Å². The molecule has 7 heteroatoms. The van der Waals surface area contributed by atoms with Crippen LogP contribution in [0.1, 0.15) is 28.7 Å². The maximum absolute atomic E-state index is 12.1. The van der Waals surface area contributed by atoms with Gasteiger partial charge in [0, 0.05) is 18.0 Å². The van der Waals surface area contributed by atoms with Crippen LogP contribution in [0.3, 0.4) is 0 Å². The quantitative estimate of drug-likeness (QED) is 0.722. The van der Waals surface area contributed by atoms with Crippen molar-refractivity contribution in [2.45, 2.75) is 32.1 Å². The Bertz CT molecular complexity index is 882. The summed E-state index contributed by atoms with van der Waals surface area (Å²) in [5, 5.41) is 3.55. The Balaban J connectivity index is 1.92. The van der Waals surface area contributed by atoms with Gasteiger partial charge >= 0.3 is 0 Å². The molecule has 2 aromatic carbocycles. The van der Waals surface area contributed by atoms with E-state index in [1.54, 1.807) is 12.1 Å². The van der Waals surface area contributed by atoms with E-state index >= 15 is 0 Å². The number of nitrogens with one attached hydrogen (secondary N) is 2. The smallest absolute Gasteiger partial charge is 0.220 e. The first-order valence-electron chi connectivity index (χ1n) is 8.30. The second kappa shape index (κ2) is 9.16. The van der Waals surface area contributed by atoms with Crippen molar-refractivity contribution in [3.63, 3.8) is 0 Å². The van der Waals surface area contributed by atoms with Gasteiger partial charge in [-0.3, -0.25) is 4.79 Å². The molecule has 0 aliphatic carbocycles. The number of amides is 1. The van der Waals surface area contributed by atoms with Gasteiger partial charge in [-0.15, -0.1) is 0 Å². The lowest BCUT2D eigenvalue weighted by Gasteiger charge is -2.11. The van der Waals surface area contributed by atoms with Gasteiger partial charge in [-0.1, -0.05) is 48.0 Å². The monoisotopic (exact) mass is 394 g/mol. The zero-order chi connectivity index (χ0) is 19.2. The van der Waals surface area contributed by atoms with Crippen molar-refractivity contribution >= 4 is 27.5 Å². The van der Waals surface area contributed by atoms with E-state index in [1.807, 2.05) is 37.3 Å². The summed E-state index contributed by atoms with van der Waals surface area (Å²) in [6.07, 6.45) is 0.942. The highest BCUT2D eigenvalue weighted by Crippen LogP contribution is 2.17. The molecule has 0 aromatic heterocycles. The fourth-order valence-corrected chi connectivity index (χ4v) is 3.52. The van der Waals surface area contributed by atoms with E-state index in [0.29, 0.717) is 30.0 Å². The number of carbonyl (C=O) groups is 1. The largest absolute Gasteiger partial charge is 0.352 e. The summed E-state index contributed by atoms with van der Waals surface area (Å²) in [4.78, 5) is 12.1. The molecule has 0 heterocycles. The Morgan fingerprint density at radius 1 is 1.12 bits per heavy atom. The summed E-state index contributed by atoms with van der Waals surface area (Å²) < 4.78 is 25.8. The van der Waals surface area contributed by atoms with Crippen LogP contribution >= 0.6 is 11.6 Å². The van der Waals surface area contributed by atoms with Crippen LogP contribution < -0.4 is 10.0 Å². The van der Waals surface area contributed by atoms with E-state index in [9.17, 15) is 13.2 Å². The van der Waals surface area contributed by atoms with Gasteiger partial charge in [-0.2, -0.15) is 0 Å². The van der Waals surface area contributed by atoms with Crippen LogP contribution in [0.15, 0.2) is 42.5 Å². The molecule has 0 atom stereocenters. The predicted molar refractivity (Wildman–Crippen MR) is 104 cm³/mol. The molecular formula is C19H23ClN2O3S. The number of hydrogen-bond acceptors (Lipinski definition) is 3. The SMILES string of the molecule is CNS(=O)(=O)Cc1ccccc1CNC(=O)CCc1ccc(C)c(Cl)c1. The van der Waals surface area contributed by atoms with Crippen molar-refractivity contribution in [3.05, 3.63) is 69.7 Å². The first kappa shape index (κ1) is 20.4. The summed E-state index contributed by atoms with van der Waals surface area (Å²) in [7, 11) is -1.98. The Labute approximate surface area is 159 Å². The zero-order valence-corrected chi connectivity index (χ0v) is 16.5. The number of sulfonamides is 1. The fourth-order valence-electron chi connectivity index (χ4n) is 2.48. The molecule has 2 rings (SSSR count). The molecule has 0 bridgehead atoms. The Hall–Kier alpha value is -1.89. The number of benzene rings is 2. The standard InChI is InChI=1S/C19H23ClN2O3S/c1-14-7-8-15(11-18(14)20)9-10-19(23)22-12-16-5-3-4-6-17(16)13-26(24,25)21-2/h3-8,11,21H,9-10,12-13H2,1-2H3,(H,22,23). The van der Waals surface area contributed by atoms with Crippen LogP contribution in [0.25, 0.3) is 0 Å². The highest BCUT2D eigenvalue weighted by Gasteiger charge is 2.12. The minimum Gasteiger partial charge on any atom is -0.352 e. The van der Waals surface area contributed by atoms with Gasteiger partial charge in [-0.25, -0.2) is 13.1 Å². The maximum atomic E-state index is 12.1. The minimum atomic E-state index is -3.36. The van der Waals surface area contributed by atoms with Gasteiger partial charge in [0.1, 0.15) is 0 Å². The third-order valence-corrected chi connectivity index (χ3v) is 5.85. The molecule has 0 saturated carbocycles. The van der Waals surface area contributed by atoms with Gasteiger partial charge in [-0.05, 0) is 48.7 Å². The molecule has 2 N–H and O–H groups in total. The van der Waals surface area contributed by atoms with E-state index in [4.69, 9.17) is 11.6 Å². The summed E-state index contributed by atoms with van der Waals surface area (Å²) >= 11 is 6.10. The molecular weight excluding hydrogens is 372 g/mol. The normalized spacial score (nSPS) is 11.3. The molecule has 0 spiro atoms. The Morgan fingerprint density at radius 2 is 1.81 bits per heavy atom. The highest BCUT2D eigenvalue weighted by atomic mass is 35.5. The molecule has 0 unspecified atom stereocenters. The van der Waals surface area contributed by atoms with Gasteiger partial charge in [0.2, 0.25) is 15.9 Å². The first-order chi connectivity index (χ1) is 12.3. The number of halogens is 1. The molecule has 0 radical (unpaired) electrons. The van der Waals surface area contributed by atoms with Crippen LogP contribution in [-0.4, -0.2) is 21.4 Å². The van der Waals surface area contributed by atoms with Crippen LogP contribution in [0.2, 0.25) is 5.02 Å². The zero-order valence-electron chi connectivity index (χ0n) is 14.9.